The third kappa shape index (κ3) is 2.50. The Hall–Kier alpha value is -1.98. The third-order valence-electron chi connectivity index (χ3n) is 3.50. The summed E-state index contributed by atoms with van der Waals surface area (Å²) in [5, 5.41) is 18.4. The van der Waals surface area contributed by atoms with Gasteiger partial charge in [-0.3, -0.25) is 0 Å². The van der Waals surface area contributed by atoms with Gasteiger partial charge < -0.3 is 26.1 Å². The van der Waals surface area contributed by atoms with Gasteiger partial charge in [0.2, 0.25) is 0 Å². The number of nitrogens with two attached hydrogens (primary N) is 2. The minimum absolute atomic E-state index is 0.00778. The van der Waals surface area contributed by atoms with E-state index < -0.39 is 0 Å². The number of benzene rings is 1. The highest BCUT2D eigenvalue weighted by Crippen LogP contribution is 2.37. The standard InChI is InChI=1S/C15H20N2O3/c1-9-7-20-8-13(9)12-6-14(16)10(2-4-18)11(3-5-19)15(12)17/h6-8,18-19H,2-5,16-17H2,1H3. The summed E-state index contributed by atoms with van der Waals surface area (Å²) < 4.78 is 5.19. The average molecular weight is 276 g/mol. The third-order valence-corrected chi connectivity index (χ3v) is 3.50. The van der Waals surface area contributed by atoms with Crippen molar-refractivity contribution < 1.29 is 14.6 Å². The van der Waals surface area contributed by atoms with Gasteiger partial charge in [-0.2, -0.15) is 0 Å². The molecule has 0 unspecified atom stereocenters. The van der Waals surface area contributed by atoms with Gasteiger partial charge in [-0.15, -0.1) is 0 Å². The molecular weight excluding hydrogens is 256 g/mol. The first-order valence-electron chi connectivity index (χ1n) is 6.54. The van der Waals surface area contributed by atoms with E-state index in [1.807, 2.05) is 6.92 Å². The van der Waals surface area contributed by atoms with E-state index in [1.54, 1.807) is 18.6 Å². The number of nitrogen functional groups attached to an aromatic ring is 2. The SMILES string of the molecule is Cc1cocc1-c1cc(N)c(CCO)c(CCO)c1N. The van der Waals surface area contributed by atoms with Crippen LogP contribution in [-0.2, 0) is 12.8 Å². The lowest BCUT2D eigenvalue weighted by Gasteiger charge is -2.17. The van der Waals surface area contributed by atoms with Gasteiger partial charge in [-0.1, -0.05) is 0 Å². The van der Waals surface area contributed by atoms with Gasteiger partial charge in [0, 0.05) is 35.7 Å². The van der Waals surface area contributed by atoms with E-state index >= 15 is 0 Å². The van der Waals surface area contributed by atoms with Crippen LogP contribution in [0.15, 0.2) is 23.0 Å². The van der Waals surface area contributed by atoms with Crippen LogP contribution in [0.25, 0.3) is 11.1 Å². The highest BCUT2D eigenvalue weighted by molar-refractivity contribution is 5.84. The van der Waals surface area contributed by atoms with Crippen LogP contribution in [0, 0.1) is 6.92 Å². The molecule has 0 fully saturated rings. The molecule has 20 heavy (non-hydrogen) atoms. The summed E-state index contributed by atoms with van der Waals surface area (Å²) in [5.41, 5.74) is 17.8. The molecule has 0 saturated heterocycles. The Balaban J connectivity index is 2.64. The second-order valence-corrected chi connectivity index (χ2v) is 4.80. The van der Waals surface area contributed by atoms with E-state index in [4.69, 9.17) is 21.0 Å². The zero-order chi connectivity index (χ0) is 14.7. The summed E-state index contributed by atoms with van der Waals surface area (Å²) >= 11 is 0. The Morgan fingerprint density at radius 2 is 1.65 bits per heavy atom. The maximum absolute atomic E-state index is 9.23. The zero-order valence-corrected chi connectivity index (χ0v) is 11.5. The number of hydrogen-bond acceptors (Lipinski definition) is 5. The maximum Gasteiger partial charge on any atom is 0.0984 e. The lowest BCUT2D eigenvalue weighted by atomic mass is 9.92. The largest absolute Gasteiger partial charge is 0.472 e. The lowest BCUT2D eigenvalue weighted by Crippen LogP contribution is -2.09. The lowest BCUT2D eigenvalue weighted by molar-refractivity contribution is 0.293. The van der Waals surface area contributed by atoms with Gasteiger partial charge in [0.1, 0.15) is 0 Å². The summed E-state index contributed by atoms with van der Waals surface area (Å²) in [5.74, 6) is 0. The second-order valence-electron chi connectivity index (χ2n) is 4.80. The molecule has 1 aromatic carbocycles. The minimum atomic E-state index is -0.0180. The van der Waals surface area contributed by atoms with Crippen LogP contribution >= 0.6 is 0 Å². The monoisotopic (exact) mass is 276 g/mol. The van der Waals surface area contributed by atoms with Crippen LogP contribution in [0.1, 0.15) is 16.7 Å². The topological polar surface area (TPSA) is 106 Å². The van der Waals surface area contributed by atoms with Crippen molar-refractivity contribution in [2.24, 2.45) is 0 Å². The van der Waals surface area contributed by atoms with Crippen molar-refractivity contribution >= 4 is 11.4 Å². The fourth-order valence-electron chi connectivity index (χ4n) is 2.48. The van der Waals surface area contributed by atoms with E-state index in [0.717, 1.165) is 27.8 Å². The van der Waals surface area contributed by atoms with Gasteiger partial charge in [-0.05, 0) is 42.5 Å². The molecule has 108 valence electrons. The number of aliphatic hydroxyl groups excluding tert-OH is 2. The smallest absolute Gasteiger partial charge is 0.0984 e. The molecule has 0 saturated carbocycles. The Bertz CT molecular complexity index is 605. The van der Waals surface area contributed by atoms with Gasteiger partial charge in [-0.25, -0.2) is 0 Å². The first-order chi connectivity index (χ1) is 9.60. The molecule has 6 N–H and O–H groups in total. The Labute approximate surface area is 117 Å². The average Bonchev–Trinajstić information content (AvgIpc) is 2.84. The van der Waals surface area contributed by atoms with Crippen molar-refractivity contribution in [2.75, 3.05) is 24.7 Å². The highest BCUT2D eigenvalue weighted by atomic mass is 16.3. The van der Waals surface area contributed by atoms with Gasteiger partial charge in [0.25, 0.3) is 0 Å². The van der Waals surface area contributed by atoms with Crippen LogP contribution in [-0.4, -0.2) is 23.4 Å². The van der Waals surface area contributed by atoms with Crippen LogP contribution in [0.4, 0.5) is 11.4 Å². The fourth-order valence-corrected chi connectivity index (χ4v) is 2.48. The Kier molecular flexibility index (Phi) is 4.32. The molecule has 0 aliphatic carbocycles. The van der Waals surface area contributed by atoms with Crippen LogP contribution in [0.5, 0.6) is 0 Å². The van der Waals surface area contributed by atoms with Crippen LogP contribution < -0.4 is 11.5 Å². The normalized spacial score (nSPS) is 10.9. The molecule has 1 aromatic heterocycles. The summed E-state index contributed by atoms with van der Waals surface area (Å²) in [6.07, 6.45) is 4.12. The molecule has 0 aliphatic heterocycles. The van der Waals surface area contributed by atoms with Crippen molar-refractivity contribution in [1.82, 2.24) is 0 Å². The number of aryl methyl sites for hydroxylation is 1. The number of hydrogen-bond donors (Lipinski definition) is 4. The quantitative estimate of drug-likeness (QED) is 0.619. The summed E-state index contributed by atoms with van der Waals surface area (Å²) in [7, 11) is 0. The summed E-state index contributed by atoms with van der Waals surface area (Å²) in [6.45, 7) is 1.91. The van der Waals surface area contributed by atoms with Crippen molar-refractivity contribution in [2.45, 2.75) is 19.8 Å². The van der Waals surface area contributed by atoms with Gasteiger partial charge >= 0.3 is 0 Å². The summed E-state index contributed by atoms with van der Waals surface area (Å²) in [6, 6.07) is 1.80. The zero-order valence-electron chi connectivity index (χ0n) is 11.5. The molecule has 5 heteroatoms. The molecule has 1 heterocycles. The van der Waals surface area contributed by atoms with Crippen molar-refractivity contribution in [1.29, 1.82) is 0 Å². The molecule has 0 radical (unpaired) electrons. The molecular formula is C15H20N2O3. The van der Waals surface area contributed by atoms with Gasteiger partial charge in [0.15, 0.2) is 0 Å². The van der Waals surface area contributed by atoms with Crippen LogP contribution in [0.2, 0.25) is 0 Å². The Morgan fingerprint density at radius 3 is 2.20 bits per heavy atom. The minimum Gasteiger partial charge on any atom is -0.472 e. The van der Waals surface area contributed by atoms with E-state index in [0.29, 0.717) is 24.2 Å². The van der Waals surface area contributed by atoms with E-state index in [9.17, 15) is 5.11 Å². The molecule has 0 amide bonds. The number of furan rings is 1. The van der Waals surface area contributed by atoms with E-state index in [-0.39, 0.29) is 13.2 Å². The van der Waals surface area contributed by atoms with Gasteiger partial charge in [0.05, 0.1) is 12.5 Å². The number of aliphatic hydroxyl groups is 2. The maximum atomic E-state index is 9.23. The van der Waals surface area contributed by atoms with E-state index in [2.05, 4.69) is 0 Å². The first-order valence-corrected chi connectivity index (χ1v) is 6.54. The van der Waals surface area contributed by atoms with Crippen molar-refractivity contribution in [3.8, 4) is 11.1 Å². The predicted octanol–water partition coefficient (Wildman–Crippen LogP) is 1.49. The summed E-state index contributed by atoms with van der Waals surface area (Å²) in [4.78, 5) is 0. The molecule has 0 spiro atoms. The van der Waals surface area contributed by atoms with Crippen molar-refractivity contribution in [3.63, 3.8) is 0 Å². The first kappa shape index (κ1) is 14.4. The fraction of sp³-hybridized carbons (Fsp3) is 0.333. The second kappa shape index (κ2) is 5.98. The molecule has 0 atom stereocenters. The molecule has 5 nitrogen and oxygen atoms in total. The van der Waals surface area contributed by atoms with E-state index in [1.165, 1.54) is 0 Å². The molecule has 2 rings (SSSR count). The van der Waals surface area contributed by atoms with Crippen LogP contribution in [0.3, 0.4) is 0 Å². The number of anilines is 2. The molecule has 0 aliphatic rings. The number of rotatable bonds is 5. The molecule has 0 bridgehead atoms. The Morgan fingerprint density at radius 1 is 1.00 bits per heavy atom. The highest BCUT2D eigenvalue weighted by Gasteiger charge is 2.17. The molecule has 2 aromatic rings. The van der Waals surface area contributed by atoms with Crippen molar-refractivity contribution in [3.05, 3.63) is 35.3 Å². The predicted molar refractivity (Wildman–Crippen MR) is 79.3 cm³/mol.